The molecule has 0 aliphatic carbocycles. The van der Waals surface area contributed by atoms with Crippen LogP contribution in [0.3, 0.4) is 0 Å². The number of hydrogen-bond acceptors (Lipinski definition) is 4. The molecule has 0 aliphatic rings. The van der Waals surface area contributed by atoms with Crippen LogP contribution in [0.5, 0.6) is 0 Å². The van der Waals surface area contributed by atoms with Gasteiger partial charge in [0.25, 0.3) is 0 Å². The van der Waals surface area contributed by atoms with E-state index in [-0.39, 0.29) is 0 Å². The van der Waals surface area contributed by atoms with E-state index in [9.17, 15) is 0 Å². The first-order valence-corrected chi connectivity index (χ1v) is 6.48. The molecule has 2 heterocycles. The summed E-state index contributed by atoms with van der Waals surface area (Å²) in [6.07, 6.45) is 0. The molecule has 0 N–H and O–H groups in total. The summed E-state index contributed by atoms with van der Waals surface area (Å²) in [5.74, 6) is 2.08. The largest absolute Gasteiger partial charge is 0.437 e. The van der Waals surface area contributed by atoms with Gasteiger partial charge in [0.15, 0.2) is 17.5 Å². The lowest BCUT2D eigenvalue weighted by atomic mass is 10.2. The predicted octanol–water partition coefficient (Wildman–Crippen LogP) is 3.20. The standard InChI is InChI=1S/C15H14N4O/c1-4-19-13-6-5-11(8-16)7-12(13)18-15(19)14-9(2)17-10(3)20-14/h5-7H,4H2,1-3H3. The van der Waals surface area contributed by atoms with Gasteiger partial charge in [-0.2, -0.15) is 5.26 Å². The SMILES string of the molecule is CCn1c(-c2oc(C)nc2C)nc2cc(C#N)ccc21. The van der Waals surface area contributed by atoms with Crippen molar-refractivity contribution in [1.29, 1.82) is 5.26 Å². The Bertz CT molecular complexity index is 836. The highest BCUT2D eigenvalue weighted by Crippen LogP contribution is 2.28. The van der Waals surface area contributed by atoms with Crippen LogP contribution in [0.4, 0.5) is 0 Å². The maximum Gasteiger partial charge on any atom is 0.193 e. The van der Waals surface area contributed by atoms with Crippen LogP contribution >= 0.6 is 0 Å². The monoisotopic (exact) mass is 266 g/mol. The third kappa shape index (κ3) is 1.77. The van der Waals surface area contributed by atoms with Crippen molar-refractivity contribution < 1.29 is 4.42 Å². The molecule has 3 rings (SSSR count). The van der Waals surface area contributed by atoms with Crippen molar-refractivity contribution in [3.05, 3.63) is 35.3 Å². The van der Waals surface area contributed by atoms with Crippen molar-refractivity contribution in [3.8, 4) is 17.7 Å². The van der Waals surface area contributed by atoms with Gasteiger partial charge in [-0.05, 0) is 32.0 Å². The zero-order valence-corrected chi connectivity index (χ0v) is 11.6. The van der Waals surface area contributed by atoms with Crippen molar-refractivity contribution in [2.45, 2.75) is 27.3 Å². The molecule has 0 aliphatic heterocycles. The minimum atomic E-state index is 0.607. The van der Waals surface area contributed by atoms with Crippen molar-refractivity contribution in [1.82, 2.24) is 14.5 Å². The normalized spacial score (nSPS) is 10.9. The minimum absolute atomic E-state index is 0.607. The highest BCUT2D eigenvalue weighted by atomic mass is 16.4. The fourth-order valence-corrected chi connectivity index (χ4v) is 2.43. The van der Waals surface area contributed by atoms with Crippen molar-refractivity contribution in [2.75, 3.05) is 0 Å². The molecule has 5 nitrogen and oxygen atoms in total. The number of hydrogen-bond donors (Lipinski definition) is 0. The van der Waals surface area contributed by atoms with Gasteiger partial charge in [0.1, 0.15) is 0 Å². The molecule has 5 heteroatoms. The van der Waals surface area contributed by atoms with E-state index >= 15 is 0 Å². The zero-order chi connectivity index (χ0) is 14.3. The second-order valence-corrected chi connectivity index (χ2v) is 4.64. The Hall–Kier alpha value is -2.61. The molecule has 0 atom stereocenters. The molecule has 3 aromatic rings. The van der Waals surface area contributed by atoms with Gasteiger partial charge in [-0.1, -0.05) is 0 Å². The Balaban J connectivity index is 2.30. The van der Waals surface area contributed by atoms with E-state index in [1.807, 2.05) is 19.9 Å². The van der Waals surface area contributed by atoms with Gasteiger partial charge in [0.2, 0.25) is 0 Å². The first kappa shape index (κ1) is 12.4. The Kier molecular flexibility index (Phi) is 2.79. The molecule has 0 saturated carbocycles. The summed E-state index contributed by atoms with van der Waals surface area (Å²) in [5, 5.41) is 8.98. The van der Waals surface area contributed by atoms with Crippen molar-refractivity contribution in [3.63, 3.8) is 0 Å². The van der Waals surface area contributed by atoms with E-state index in [1.54, 1.807) is 12.1 Å². The maximum atomic E-state index is 8.98. The maximum absolute atomic E-state index is 8.98. The van der Waals surface area contributed by atoms with Crippen LogP contribution < -0.4 is 0 Å². The molecule has 0 spiro atoms. The van der Waals surface area contributed by atoms with Gasteiger partial charge in [0.05, 0.1) is 28.4 Å². The van der Waals surface area contributed by atoms with Crippen LogP contribution in [-0.4, -0.2) is 14.5 Å². The molecule has 1 aromatic carbocycles. The Morgan fingerprint density at radius 2 is 2.10 bits per heavy atom. The molecule has 0 bridgehead atoms. The van der Waals surface area contributed by atoms with Crippen molar-refractivity contribution in [2.24, 2.45) is 0 Å². The summed E-state index contributed by atoms with van der Waals surface area (Å²) < 4.78 is 7.74. The summed E-state index contributed by atoms with van der Waals surface area (Å²) in [4.78, 5) is 8.91. The van der Waals surface area contributed by atoms with E-state index in [2.05, 4.69) is 27.5 Å². The molecular formula is C15H14N4O. The first-order chi connectivity index (χ1) is 9.63. The third-order valence-electron chi connectivity index (χ3n) is 3.30. The van der Waals surface area contributed by atoms with Crippen LogP contribution in [0.15, 0.2) is 22.6 Å². The number of benzene rings is 1. The minimum Gasteiger partial charge on any atom is -0.437 e. The number of imidazole rings is 1. The lowest BCUT2D eigenvalue weighted by molar-refractivity contribution is 0.527. The topological polar surface area (TPSA) is 67.6 Å². The van der Waals surface area contributed by atoms with Gasteiger partial charge in [-0.25, -0.2) is 9.97 Å². The van der Waals surface area contributed by atoms with Crippen LogP contribution in [0.1, 0.15) is 24.1 Å². The summed E-state index contributed by atoms with van der Waals surface area (Å²) in [7, 11) is 0. The average Bonchev–Trinajstić information content (AvgIpc) is 2.96. The summed E-state index contributed by atoms with van der Waals surface area (Å²) in [5.41, 5.74) is 3.23. The zero-order valence-electron chi connectivity index (χ0n) is 11.6. The quantitative estimate of drug-likeness (QED) is 0.714. The lowest BCUT2D eigenvalue weighted by Crippen LogP contribution is -1.97. The Morgan fingerprint density at radius 3 is 2.70 bits per heavy atom. The number of nitriles is 1. The second-order valence-electron chi connectivity index (χ2n) is 4.64. The van der Waals surface area contributed by atoms with Gasteiger partial charge in [-0.3, -0.25) is 0 Å². The molecule has 0 amide bonds. The van der Waals surface area contributed by atoms with Gasteiger partial charge < -0.3 is 8.98 Å². The number of oxazole rings is 1. The first-order valence-electron chi connectivity index (χ1n) is 6.48. The van der Waals surface area contributed by atoms with E-state index in [0.29, 0.717) is 17.2 Å². The number of aryl methyl sites for hydroxylation is 3. The highest BCUT2D eigenvalue weighted by molar-refractivity contribution is 5.81. The fraction of sp³-hybridized carbons (Fsp3) is 0.267. The van der Waals surface area contributed by atoms with Crippen LogP contribution in [0.25, 0.3) is 22.6 Å². The van der Waals surface area contributed by atoms with Gasteiger partial charge in [0, 0.05) is 13.5 Å². The Labute approximate surface area is 116 Å². The summed E-state index contributed by atoms with van der Waals surface area (Å²) in [6.45, 7) is 6.56. The van der Waals surface area contributed by atoms with Crippen LogP contribution in [0, 0.1) is 25.2 Å². The third-order valence-corrected chi connectivity index (χ3v) is 3.30. The van der Waals surface area contributed by atoms with Crippen LogP contribution in [-0.2, 0) is 6.54 Å². The second kappa shape index (κ2) is 4.49. The average molecular weight is 266 g/mol. The molecule has 100 valence electrons. The molecule has 20 heavy (non-hydrogen) atoms. The predicted molar refractivity (Wildman–Crippen MR) is 75.1 cm³/mol. The number of rotatable bonds is 2. The summed E-state index contributed by atoms with van der Waals surface area (Å²) >= 11 is 0. The van der Waals surface area contributed by atoms with Crippen LogP contribution in [0.2, 0.25) is 0 Å². The Morgan fingerprint density at radius 1 is 1.30 bits per heavy atom. The van der Waals surface area contributed by atoms with Gasteiger partial charge in [-0.15, -0.1) is 0 Å². The van der Waals surface area contributed by atoms with Gasteiger partial charge >= 0.3 is 0 Å². The molecular weight excluding hydrogens is 252 g/mol. The fourth-order valence-electron chi connectivity index (χ4n) is 2.43. The number of aromatic nitrogens is 3. The summed E-state index contributed by atoms with van der Waals surface area (Å²) in [6, 6.07) is 7.66. The smallest absolute Gasteiger partial charge is 0.193 e. The highest BCUT2D eigenvalue weighted by Gasteiger charge is 2.18. The lowest BCUT2D eigenvalue weighted by Gasteiger charge is -2.03. The van der Waals surface area contributed by atoms with E-state index in [0.717, 1.165) is 29.1 Å². The molecule has 0 fully saturated rings. The number of fused-ring (bicyclic) bond motifs is 1. The number of nitrogens with zero attached hydrogens (tertiary/aromatic N) is 4. The van der Waals surface area contributed by atoms with Crippen molar-refractivity contribution >= 4 is 11.0 Å². The molecule has 0 unspecified atom stereocenters. The van der Waals surface area contributed by atoms with E-state index in [4.69, 9.17) is 9.68 Å². The molecule has 2 aromatic heterocycles. The van der Waals surface area contributed by atoms with E-state index in [1.165, 1.54) is 0 Å². The molecule has 0 radical (unpaired) electrons. The van der Waals surface area contributed by atoms with E-state index < -0.39 is 0 Å². The molecule has 0 saturated heterocycles.